The summed E-state index contributed by atoms with van der Waals surface area (Å²) in [6.07, 6.45) is 3.68. The van der Waals surface area contributed by atoms with E-state index in [1.807, 2.05) is 31.2 Å². The summed E-state index contributed by atoms with van der Waals surface area (Å²) >= 11 is 3.31. The highest BCUT2D eigenvalue weighted by Gasteiger charge is 2.07. The Bertz CT molecular complexity index is 534. The molecule has 0 aliphatic carbocycles. The summed E-state index contributed by atoms with van der Waals surface area (Å²) in [4.78, 5) is 16.0. The SMILES string of the molecule is Cc1ccc(CC(=O)c2cncc(Br)c2)cc1. The van der Waals surface area contributed by atoms with Crippen molar-refractivity contribution in [2.45, 2.75) is 13.3 Å². The number of Topliss-reactive ketones (excluding diaryl/α,β-unsaturated/α-hetero) is 1. The van der Waals surface area contributed by atoms with E-state index in [0.29, 0.717) is 12.0 Å². The molecule has 3 heteroatoms. The monoisotopic (exact) mass is 289 g/mol. The third kappa shape index (κ3) is 3.24. The molecule has 0 radical (unpaired) electrons. The number of benzene rings is 1. The quantitative estimate of drug-likeness (QED) is 0.809. The largest absolute Gasteiger partial charge is 0.294 e. The molecule has 0 saturated carbocycles. The van der Waals surface area contributed by atoms with Crippen molar-refractivity contribution < 1.29 is 4.79 Å². The number of nitrogens with zero attached hydrogens (tertiary/aromatic N) is 1. The zero-order valence-electron chi connectivity index (χ0n) is 9.48. The van der Waals surface area contributed by atoms with Crippen molar-refractivity contribution in [1.29, 1.82) is 0 Å². The lowest BCUT2D eigenvalue weighted by molar-refractivity contribution is 0.0992. The number of pyridine rings is 1. The van der Waals surface area contributed by atoms with Crippen LogP contribution in [-0.4, -0.2) is 10.8 Å². The van der Waals surface area contributed by atoms with Crippen molar-refractivity contribution in [3.63, 3.8) is 0 Å². The molecule has 86 valence electrons. The van der Waals surface area contributed by atoms with Crippen LogP contribution in [0.3, 0.4) is 0 Å². The Morgan fingerprint density at radius 3 is 2.59 bits per heavy atom. The molecule has 2 nitrogen and oxygen atoms in total. The Labute approximate surface area is 109 Å². The van der Waals surface area contributed by atoms with E-state index < -0.39 is 0 Å². The van der Waals surface area contributed by atoms with Crippen molar-refractivity contribution in [3.05, 3.63) is 63.9 Å². The lowest BCUT2D eigenvalue weighted by Crippen LogP contribution is -2.04. The van der Waals surface area contributed by atoms with E-state index in [1.54, 1.807) is 18.5 Å². The molecule has 2 rings (SSSR count). The molecule has 1 heterocycles. The second kappa shape index (κ2) is 5.23. The van der Waals surface area contributed by atoms with Gasteiger partial charge in [-0.1, -0.05) is 29.8 Å². The summed E-state index contributed by atoms with van der Waals surface area (Å²) in [5, 5.41) is 0. The number of rotatable bonds is 3. The van der Waals surface area contributed by atoms with Gasteiger partial charge in [0.05, 0.1) is 0 Å². The number of halogens is 1. The first-order valence-electron chi connectivity index (χ1n) is 5.34. The molecule has 0 atom stereocenters. The van der Waals surface area contributed by atoms with Crippen molar-refractivity contribution in [2.24, 2.45) is 0 Å². The summed E-state index contributed by atoms with van der Waals surface area (Å²) in [6.45, 7) is 2.03. The van der Waals surface area contributed by atoms with Gasteiger partial charge in [-0.05, 0) is 34.5 Å². The van der Waals surface area contributed by atoms with E-state index >= 15 is 0 Å². The van der Waals surface area contributed by atoms with E-state index in [0.717, 1.165) is 10.0 Å². The molecule has 17 heavy (non-hydrogen) atoms. The molecule has 0 spiro atoms. The summed E-state index contributed by atoms with van der Waals surface area (Å²) in [5.74, 6) is 0.0858. The van der Waals surface area contributed by atoms with Crippen LogP contribution in [0.4, 0.5) is 0 Å². The van der Waals surface area contributed by atoms with Gasteiger partial charge in [-0.25, -0.2) is 0 Å². The number of aromatic nitrogens is 1. The van der Waals surface area contributed by atoms with Gasteiger partial charge in [0.15, 0.2) is 5.78 Å². The maximum atomic E-state index is 12.0. The molecule has 0 aliphatic rings. The van der Waals surface area contributed by atoms with Crippen LogP contribution in [0.5, 0.6) is 0 Å². The van der Waals surface area contributed by atoms with Crippen LogP contribution in [0, 0.1) is 6.92 Å². The Morgan fingerprint density at radius 2 is 1.94 bits per heavy atom. The zero-order valence-corrected chi connectivity index (χ0v) is 11.1. The minimum absolute atomic E-state index is 0.0858. The van der Waals surface area contributed by atoms with Gasteiger partial charge in [0.2, 0.25) is 0 Å². The Balaban J connectivity index is 2.14. The topological polar surface area (TPSA) is 30.0 Å². The Morgan fingerprint density at radius 1 is 1.24 bits per heavy atom. The molecule has 1 aromatic carbocycles. The smallest absolute Gasteiger partial charge is 0.168 e. The molecule has 0 fully saturated rings. The van der Waals surface area contributed by atoms with Crippen molar-refractivity contribution in [2.75, 3.05) is 0 Å². The maximum Gasteiger partial charge on any atom is 0.168 e. The van der Waals surface area contributed by atoms with Gasteiger partial charge in [-0.15, -0.1) is 0 Å². The average molecular weight is 290 g/mol. The van der Waals surface area contributed by atoms with E-state index in [4.69, 9.17) is 0 Å². The predicted octanol–water partition coefficient (Wildman–Crippen LogP) is 3.58. The molecule has 0 saturated heterocycles. The highest BCUT2D eigenvalue weighted by atomic mass is 79.9. The first kappa shape index (κ1) is 12.0. The summed E-state index contributed by atoms with van der Waals surface area (Å²) in [6, 6.07) is 9.80. The molecule has 1 aromatic heterocycles. The fraction of sp³-hybridized carbons (Fsp3) is 0.143. The average Bonchev–Trinajstić information content (AvgIpc) is 2.32. The van der Waals surface area contributed by atoms with E-state index in [2.05, 4.69) is 20.9 Å². The molecule has 0 aliphatic heterocycles. The predicted molar refractivity (Wildman–Crippen MR) is 71.2 cm³/mol. The fourth-order valence-corrected chi connectivity index (χ4v) is 1.92. The van der Waals surface area contributed by atoms with Crippen LogP contribution in [0.25, 0.3) is 0 Å². The highest BCUT2D eigenvalue weighted by Crippen LogP contribution is 2.12. The first-order chi connectivity index (χ1) is 8.15. The van der Waals surface area contributed by atoms with Crippen LogP contribution in [0.2, 0.25) is 0 Å². The van der Waals surface area contributed by atoms with Crippen LogP contribution in [-0.2, 0) is 6.42 Å². The molecule has 2 aromatic rings. The van der Waals surface area contributed by atoms with E-state index in [-0.39, 0.29) is 5.78 Å². The van der Waals surface area contributed by atoms with Crippen molar-refractivity contribution in [3.8, 4) is 0 Å². The zero-order chi connectivity index (χ0) is 12.3. The van der Waals surface area contributed by atoms with Crippen LogP contribution >= 0.6 is 15.9 Å². The molecule has 0 N–H and O–H groups in total. The van der Waals surface area contributed by atoms with Crippen molar-refractivity contribution >= 4 is 21.7 Å². The Hall–Kier alpha value is -1.48. The Kier molecular flexibility index (Phi) is 3.69. The van der Waals surface area contributed by atoms with Crippen LogP contribution < -0.4 is 0 Å². The second-order valence-corrected chi connectivity index (χ2v) is 4.89. The molecule has 0 bridgehead atoms. The summed E-state index contributed by atoms with van der Waals surface area (Å²) < 4.78 is 0.826. The minimum Gasteiger partial charge on any atom is -0.294 e. The van der Waals surface area contributed by atoms with Gasteiger partial charge in [0, 0.05) is 28.9 Å². The van der Waals surface area contributed by atoms with E-state index in [9.17, 15) is 4.79 Å². The molecular formula is C14H12BrNO. The third-order valence-electron chi connectivity index (χ3n) is 2.51. The third-order valence-corrected chi connectivity index (χ3v) is 2.95. The summed E-state index contributed by atoms with van der Waals surface area (Å²) in [7, 11) is 0. The lowest BCUT2D eigenvalue weighted by Gasteiger charge is -2.02. The fourth-order valence-electron chi connectivity index (χ4n) is 1.56. The highest BCUT2D eigenvalue weighted by molar-refractivity contribution is 9.10. The molecule has 0 unspecified atom stereocenters. The number of hydrogen-bond donors (Lipinski definition) is 0. The number of aryl methyl sites for hydroxylation is 1. The van der Waals surface area contributed by atoms with Crippen LogP contribution in [0.1, 0.15) is 21.5 Å². The number of hydrogen-bond acceptors (Lipinski definition) is 2. The minimum atomic E-state index is 0.0858. The molecule has 0 amide bonds. The number of carbonyl (C=O) groups is 1. The van der Waals surface area contributed by atoms with Crippen molar-refractivity contribution in [1.82, 2.24) is 4.98 Å². The number of carbonyl (C=O) groups excluding carboxylic acids is 1. The lowest BCUT2D eigenvalue weighted by atomic mass is 10.0. The van der Waals surface area contributed by atoms with E-state index in [1.165, 1.54) is 5.56 Å². The van der Waals surface area contributed by atoms with Crippen LogP contribution in [0.15, 0.2) is 47.2 Å². The normalized spacial score (nSPS) is 10.2. The van der Waals surface area contributed by atoms with Gasteiger partial charge in [0.1, 0.15) is 0 Å². The second-order valence-electron chi connectivity index (χ2n) is 3.98. The maximum absolute atomic E-state index is 12.0. The van der Waals surface area contributed by atoms with Gasteiger partial charge < -0.3 is 0 Å². The van der Waals surface area contributed by atoms with Gasteiger partial charge in [-0.2, -0.15) is 0 Å². The number of ketones is 1. The molecular weight excluding hydrogens is 278 g/mol. The van der Waals surface area contributed by atoms with Gasteiger partial charge in [-0.3, -0.25) is 9.78 Å². The summed E-state index contributed by atoms with van der Waals surface area (Å²) in [5.41, 5.74) is 2.87. The van der Waals surface area contributed by atoms with Gasteiger partial charge >= 0.3 is 0 Å². The standard InChI is InChI=1S/C14H12BrNO/c1-10-2-4-11(5-3-10)6-14(17)12-7-13(15)9-16-8-12/h2-5,7-9H,6H2,1H3. The van der Waals surface area contributed by atoms with Gasteiger partial charge in [0.25, 0.3) is 0 Å². The first-order valence-corrected chi connectivity index (χ1v) is 6.14.